The number of phenolic OH excluding ortho intramolecular Hbond substituents is 1. The van der Waals surface area contributed by atoms with Gasteiger partial charge in [-0.25, -0.2) is 0 Å². The largest absolute Gasteiger partial charge is 0.503 e. The number of aromatic hydroxyl groups is 1. The van der Waals surface area contributed by atoms with E-state index in [1.165, 1.54) is 38.1 Å². The first-order chi connectivity index (χ1) is 11.6. The van der Waals surface area contributed by atoms with Gasteiger partial charge in [0.2, 0.25) is 0 Å². The molecule has 0 bridgehead atoms. The van der Waals surface area contributed by atoms with E-state index in [1.807, 2.05) is 0 Å². The number of carbonyl (C=O) groups excluding carboxylic acids is 1. The monoisotopic (exact) mass is 366 g/mol. The zero-order valence-corrected chi connectivity index (χ0v) is 14.9. The van der Waals surface area contributed by atoms with Crippen LogP contribution in [0, 0.1) is 0 Å². The van der Waals surface area contributed by atoms with Crippen LogP contribution in [0.4, 0.5) is 0 Å². The van der Waals surface area contributed by atoms with Gasteiger partial charge in [0.1, 0.15) is 0 Å². The smallest absolute Gasteiger partial charge is 0.264 e. The van der Waals surface area contributed by atoms with Gasteiger partial charge in [0.05, 0.1) is 23.1 Å². The number of hydrogen-bond acceptors (Lipinski definition) is 5. The van der Waals surface area contributed by atoms with Crippen molar-refractivity contribution in [2.45, 2.75) is 38.1 Å². The van der Waals surface area contributed by atoms with Gasteiger partial charge in [-0.1, -0.05) is 30.9 Å². The molecule has 0 unspecified atom stereocenters. The molecule has 2 aliphatic rings. The lowest BCUT2D eigenvalue weighted by Gasteiger charge is -2.17. The summed E-state index contributed by atoms with van der Waals surface area (Å²) in [4.78, 5) is 17.4. The summed E-state index contributed by atoms with van der Waals surface area (Å²) in [6, 6.07) is 3.54. The van der Waals surface area contributed by atoms with E-state index < -0.39 is 0 Å². The number of carbonyl (C=O) groups is 1. The lowest BCUT2D eigenvalue weighted by atomic mass is 9.96. The van der Waals surface area contributed by atoms with Crippen molar-refractivity contribution in [3.05, 3.63) is 27.6 Å². The van der Waals surface area contributed by atoms with Crippen LogP contribution in [0.5, 0.6) is 11.5 Å². The summed E-state index contributed by atoms with van der Waals surface area (Å²) in [7, 11) is 1.45. The number of thioether (sulfide) groups is 1. The Labute approximate surface area is 150 Å². The lowest BCUT2D eigenvalue weighted by molar-refractivity contribution is -0.115. The van der Waals surface area contributed by atoms with E-state index in [9.17, 15) is 9.90 Å². The number of phenols is 1. The van der Waals surface area contributed by atoms with Crippen molar-refractivity contribution in [3.8, 4) is 11.5 Å². The number of hydrogen-bond donors (Lipinski definition) is 2. The van der Waals surface area contributed by atoms with Gasteiger partial charge in [-0.05, 0) is 48.4 Å². The van der Waals surface area contributed by atoms with Gasteiger partial charge in [0.25, 0.3) is 5.91 Å². The molecule has 1 saturated heterocycles. The third kappa shape index (κ3) is 3.87. The Kier molecular flexibility index (Phi) is 5.36. The fourth-order valence-corrected chi connectivity index (χ4v) is 3.96. The normalized spacial score (nSPS) is 22.2. The Morgan fingerprint density at radius 3 is 2.83 bits per heavy atom. The van der Waals surface area contributed by atoms with Crippen molar-refractivity contribution in [1.29, 1.82) is 0 Å². The number of ether oxygens (including phenoxy) is 1. The van der Waals surface area contributed by atoms with Crippen LogP contribution < -0.4 is 10.1 Å². The van der Waals surface area contributed by atoms with Crippen molar-refractivity contribution < 1.29 is 14.6 Å². The van der Waals surface area contributed by atoms with Crippen molar-refractivity contribution in [2.24, 2.45) is 4.99 Å². The van der Waals surface area contributed by atoms with Gasteiger partial charge in [0, 0.05) is 0 Å². The minimum atomic E-state index is -0.169. The van der Waals surface area contributed by atoms with Crippen LogP contribution in [0.1, 0.15) is 37.7 Å². The first-order valence-corrected chi connectivity index (χ1v) is 9.11. The summed E-state index contributed by atoms with van der Waals surface area (Å²) in [5.41, 5.74) is 0.686. The van der Waals surface area contributed by atoms with Gasteiger partial charge >= 0.3 is 0 Å². The molecule has 0 atom stereocenters. The molecule has 128 valence electrons. The zero-order chi connectivity index (χ0) is 17.1. The Morgan fingerprint density at radius 2 is 2.12 bits per heavy atom. The molecule has 1 aromatic carbocycles. The molecule has 1 saturated carbocycles. The number of benzene rings is 1. The van der Waals surface area contributed by atoms with E-state index >= 15 is 0 Å². The molecule has 5 nitrogen and oxygen atoms in total. The van der Waals surface area contributed by atoms with Crippen molar-refractivity contribution in [1.82, 2.24) is 5.32 Å². The Morgan fingerprint density at radius 1 is 1.38 bits per heavy atom. The SMILES string of the molecule is COc1cc(/C=C2\SC(=NC3CCCCC3)NC2=O)cc(Cl)c1O. The Hall–Kier alpha value is -1.66. The average molecular weight is 367 g/mol. The number of rotatable bonds is 3. The number of aliphatic imine (C=N–C) groups is 1. The van der Waals surface area contributed by atoms with E-state index in [0.29, 0.717) is 21.7 Å². The fraction of sp³-hybridized carbons (Fsp3) is 0.412. The first-order valence-electron chi connectivity index (χ1n) is 7.92. The van der Waals surface area contributed by atoms with E-state index in [-0.39, 0.29) is 22.4 Å². The molecule has 24 heavy (non-hydrogen) atoms. The number of nitrogens with one attached hydrogen (secondary N) is 1. The molecule has 1 aliphatic carbocycles. The standard InChI is InChI=1S/C17H19ClN2O3S/c1-23-13-8-10(7-12(18)15(13)21)9-14-16(22)20-17(24-14)19-11-5-3-2-4-6-11/h7-9,11,21H,2-6H2,1H3,(H,19,20,22)/b14-9-. The number of amides is 1. The minimum absolute atomic E-state index is 0.107. The molecule has 0 aromatic heterocycles. The Balaban J connectivity index is 1.79. The fourth-order valence-electron chi connectivity index (χ4n) is 2.85. The second-order valence-corrected chi connectivity index (χ2v) is 7.28. The molecule has 2 fully saturated rings. The summed E-state index contributed by atoms with van der Waals surface area (Å²) in [6.07, 6.45) is 7.57. The summed E-state index contributed by atoms with van der Waals surface area (Å²) >= 11 is 7.32. The minimum Gasteiger partial charge on any atom is -0.503 e. The molecule has 3 rings (SSSR count). The molecular weight excluding hydrogens is 348 g/mol. The Bertz CT molecular complexity index is 712. The van der Waals surface area contributed by atoms with E-state index in [2.05, 4.69) is 10.3 Å². The summed E-state index contributed by atoms with van der Waals surface area (Å²) in [5.74, 6) is -0.00373. The first kappa shape index (κ1) is 17.2. The number of methoxy groups -OCH3 is 1. The lowest BCUT2D eigenvalue weighted by Crippen LogP contribution is -2.22. The highest BCUT2D eigenvalue weighted by molar-refractivity contribution is 8.18. The van der Waals surface area contributed by atoms with Gasteiger partial charge in [-0.3, -0.25) is 9.79 Å². The summed E-state index contributed by atoms with van der Waals surface area (Å²) in [5, 5.41) is 13.4. The third-order valence-electron chi connectivity index (χ3n) is 4.09. The highest BCUT2D eigenvalue weighted by atomic mass is 35.5. The summed E-state index contributed by atoms with van der Waals surface area (Å²) < 4.78 is 5.08. The van der Waals surface area contributed by atoms with Crippen LogP contribution in [0.2, 0.25) is 5.02 Å². The van der Waals surface area contributed by atoms with E-state index in [4.69, 9.17) is 16.3 Å². The van der Waals surface area contributed by atoms with Gasteiger partial charge in [-0.15, -0.1) is 0 Å². The van der Waals surface area contributed by atoms with Crippen LogP contribution in [0.3, 0.4) is 0 Å². The van der Waals surface area contributed by atoms with Gasteiger partial charge in [-0.2, -0.15) is 0 Å². The quantitative estimate of drug-likeness (QED) is 0.794. The maximum Gasteiger partial charge on any atom is 0.264 e. The maximum absolute atomic E-state index is 12.1. The van der Waals surface area contributed by atoms with Crippen LogP contribution in [0.15, 0.2) is 22.0 Å². The average Bonchev–Trinajstić information content (AvgIpc) is 2.91. The van der Waals surface area contributed by atoms with Crippen molar-refractivity contribution >= 4 is 40.5 Å². The van der Waals surface area contributed by atoms with E-state index in [0.717, 1.165) is 12.8 Å². The molecule has 0 radical (unpaired) electrons. The topological polar surface area (TPSA) is 70.9 Å². The van der Waals surface area contributed by atoms with Gasteiger partial charge < -0.3 is 15.2 Å². The highest BCUT2D eigenvalue weighted by Crippen LogP contribution is 2.36. The van der Waals surface area contributed by atoms with Crippen molar-refractivity contribution in [2.75, 3.05) is 7.11 Å². The molecule has 0 spiro atoms. The van der Waals surface area contributed by atoms with Crippen LogP contribution >= 0.6 is 23.4 Å². The molecule has 2 N–H and O–H groups in total. The summed E-state index contributed by atoms with van der Waals surface area (Å²) in [6.45, 7) is 0. The predicted molar refractivity (Wildman–Crippen MR) is 97.7 cm³/mol. The molecule has 7 heteroatoms. The van der Waals surface area contributed by atoms with E-state index in [1.54, 1.807) is 18.2 Å². The van der Waals surface area contributed by atoms with Crippen LogP contribution in [-0.2, 0) is 4.79 Å². The van der Waals surface area contributed by atoms with Crippen LogP contribution in [-0.4, -0.2) is 29.3 Å². The number of halogens is 1. The third-order valence-corrected chi connectivity index (χ3v) is 5.31. The molecule has 1 aliphatic heterocycles. The van der Waals surface area contributed by atoms with Gasteiger partial charge in [0.15, 0.2) is 16.7 Å². The molecule has 1 aromatic rings. The number of amidine groups is 1. The van der Waals surface area contributed by atoms with Crippen molar-refractivity contribution in [3.63, 3.8) is 0 Å². The molecular formula is C17H19ClN2O3S. The maximum atomic E-state index is 12.1. The number of nitrogens with zero attached hydrogens (tertiary/aromatic N) is 1. The van der Waals surface area contributed by atoms with Crippen LogP contribution in [0.25, 0.3) is 6.08 Å². The second kappa shape index (κ2) is 7.49. The molecule has 1 amide bonds. The second-order valence-electron chi connectivity index (χ2n) is 5.84. The molecule has 1 heterocycles. The predicted octanol–water partition coefficient (Wildman–Crippen LogP) is 3.95. The highest BCUT2D eigenvalue weighted by Gasteiger charge is 2.25. The zero-order valence-electron chi connectivity index (χ0n) is 13.3.